The minimum atomic E-state index is -0.369. The second kappa shape index (κ2) is 8.94. The fraction of sp³-hybridized carbons (Fsp3) is 0.632. The van der Waals surface area contributed by atoms with Crippen LogP contribution >= 0.6 is 35.6 Å². The summed E-state index contributed by atoms with van der Waals surface area (Å²) in [6.45, 7) is 2.83. The Hall–Kier alpha value is -0.480. The van der Waals surface area contributed by atoms with Crippen molar-refractivity contribution in [3.8, 4) is 0 Å². The number of piperidine rings is 1. The Labute approximate surface area is 166 Å². The van der Waals surface area contributed by atoms with Gasteiger partial charge in [0.15, 0.2) is 0 Å². The Morgan fingerprint density at radius 2 is 1.92 bits per heavy atom. The average Bonchev–Trinajstić information content (AvgIpc) is 2.55. The molecule has 1 saturated heterocycles. The van der Waals surface area contributed by atoms with E-state index in [1.54, 1.807) is 0 Å². The monoisotopic (exact) mass is 404 g/mol. The van der Waals surface area contributed by atoms with Crippen molar-refractivity contribution in [3.63, 3.8) is 0 Å². The van der Waals surface area contributed by atoms with Gasteiger partial charge in [-0.05, 0) is 69.3 Å². The molecule has 0 atom stereocenters. The number of likely N-dealkylation sites (tertiary alicyclic amines) is 1. The van der Waals surface area contributed by atoms with E-state index in [0.29, 0.717) is 16.0 Å². The van der Waals surface area contributed by atoms with Gasteiger partial charge in [-0.3, -0.25) is 4.79 Å². The van der Waals surface area contributed by atoms with Gasteiger partial charge in [0, 0.05) is 13.1 Å². The number of amides is 1. The molecular formula is C19H27Cl3N2O. The Bertz CT molecular complexity index is 596. The molecule has 0 aromatic heterocycles. The maximum Gasteiger partial charge on any atom is 0.233 e. The van der Waals surface area contributed by atoms with Gasteiger partial charge in [-0.2, -0.15) is 0 Å². The molecule has 0 spiro atoms. The van der Waals surface area contributed by atoms with E-state index < -0.39 is 0 Å². The minimum Gasteiger partial charge on any atom is -0.342 e. The van der Waals surface area contributed by atoms with E-state index in [2.05, 4.69) is 10.2 Å². The SMILES string of the molecule is CNCCC1CCN(C(=O)C2(c3ccc(Cl)c(Cl)c3)CCC2)CC1.Cl. The number of rotatable bonds is 5. The summed E-state index contributed by atoms with van der Waals surface area (Å²) in [4.78, 5) is 15.3. The van der Waals surface area contributed by atoms with Crippen LogP contribution in [0, 0.1) is 5.92 Å². The lowest BCUT2D eigenvalue weighted by atomic mass is 9.63. The van der Waals surface area contributed by atoms with Crippen molar-refractivity contribution in [2.24, 2.45) is 5.92 Å². The van der Waals surface area contributed by atoms with E-state index in [1.807, 2.05) is 25.2 Å². The van der Waals surface area contributed by atoms with E-state index in [4.69, 9.17) is 23.2 Å². The Kier molecular flexibility index (Phi) is 7.45. The van der Waals surface area contributed by atoms with Crippen LogP contribution in [0.5, 0.6) is 0 Å². The molecule has 1 heterocycles. The summed E-state index contributed by atoms with van der Waals surface area (Å²) in [5.74, 6) is 1.03. The molecular weight excluding hydrogens is 379 g/mol. The fourth-order valence-electron chi connectivity index (χ4n) is 4.03. The van der Waals surface area contributed by atoms with Crippen molar-refractivity contribution in [1.82, 2.24) is 10.2 Å². The second-order valence-electron chi connectivity index (χ2n) is 7.19. The lowest BCUT2D eigenvalue weighted by Gasteiger charge is -2.45. The Morgan fingerprint density at radius 3 is 2.44 bits per heavy atom. The first-order valence-electron chi connectivity index (χ1n) is 8.96. The van der Waals surface area contributed by atoms with E-state index in [1.165, 1.54) is 6.42 Å². The minimum absolute atomic E-state index is 0. The highest BCUT2D eigenvalue weighted by atomic mass is 35.5. The fourth-order valence-corrected chi connectivity index (χ4v) is 4.32. The number of hydrogen-bond acceptors (Lipinski definition) is 2. The van der Waals surface area contributed by atoms with Gasteiger partial charge in [0.05, 0.1) is 15.5 Å². The summed E-state index contributed by atoms with van der Waals surface area (Å²) in [5, 5.41) is 4.31. The molecule has 6 heteroatoms. The summed E-state index contributed by atoms with van der Waals surface area (Å²) < 4.78 is 0. The van der Waals surface area contributed by atoms with Gasteiger partial charge in [-0.15, -0.1) is 12.4 Å². The van der Waals surface area contributed by atoms with Gasteiger partial charge in [0.2, 0.25) is 5.91 Å². The highest BCUT2D eigenvalue weighted by molar-refractivity contribution is 6.42. The van der Waals surface area contributed by atoms with E-state index in [-0.39, 0.29) is 17.8 Å². The van der Waals surface area contributed by atoms with Crippen molar-refractivity contribution in [1.29, 1.82) is 0 Å². The van der Waals surface area contributed by atoms with Crippen LogP contribution in [0.3, 0.4) is 0 Å². The number of hydrogen-bond donors (Lipinski definition) is 1. The topological polar surface area (TPSA) is 32.3 Å². The molecule has 2 aliphatic rings. The molecule has 1 aromatic carbocycles. The van der Waals surface area contributed by atoms with Crippen molar-refractivity contribution in [2.75, 3.05) is 26.7 Å². The standard InChI is InChI=1S/C19H26Cl2N2O.ClH/c1-22-10-5-14-6-11-23(12-7-14)18(24)19(8-2-9-19)15-3-4-16(20)17(21)13-15;/h3-4,13-14,22H,2,5-12H2,1H3;1H. The van der Waals surface area contributed by atoms with Crippen LogP contribution < -0.4 is 5.32 Å². The number of nitrogens with zero attached hydrogens (tertiary/aromatic N) is 1. The normalized spacial score (nSPS) is 19.9. The first kappa shape index (κ1) is 20.8. The number of halogens is 3. The van der Waals surface area contributed by atoms with Gasteiger partial charge in [-0.25, -0.2) is 0 Å². The first-order chi connectivity index (χ1) is 11.6. The molecule has 1 saturated carbocycles. The zero-order valence-electron chi connectivity index (χ0n) is 14.7. The maximum absolute atomic E-state index is 13.3. The summed E-state index contributed by atoms with van der Waals surface area (Å²) in [7, 11) is 2.00. The predicted molar refractivity (Wildman–Crippen MR) is 107 cm³/mol. The number of benzene rings is 1. The van der Waals surface area contributed by atoms with E-state index in [0.717, 1.165) is 63.2 Å². The zero-order chi connectivity index (χ0) is 17.2. The molecule has 1 aromatic rings. The molecule has 0 radical (unpaired) electrons. The molecule has 1 amide bonds. The smallest absolute Gasteiger partial charge is 0.233 e. The average molecular weight is 406 g/mol. The number of carbonyl (C=O) groups excluding carboxylic acids is 1. The highest BCUT2D eigenvalue weighted by Crippen LogP contribution is 2.46. The molecule has 1 aliphatic heterocycles. The van der Waals surface area contributed by atoms with Gasteiger partial charge in [0.1, 0.15) is 0 Å². The molecule has 0 unspecified atom stereocenters. The van der Waals surface area contributed by atoms with Crippen molar-refractivity contribution in [3.05, 3.63) is 33.8 Å². The van der Waals surface area contributed by atoms with Crippen molar-refractivity contribution in [2.45, 2.75) is 43.9 Å². The third-order valence-corrected chi connectivity index (χ3v) is 6.53. The number of nitrogens with one attached hydrogen (secondary N) is 1. The Balaban J connectivity index is 0.00000225. The van der Waals surface area contributed by atoms with E-state index >= 15 is 0 Å². The highest BCUT2D eigenvalue weighted by Gasteiger charge is 2.48. The second-order valence-corrected chi connectivity index (χ2v) is 8.01. The molecule has 1 N–H and O–H groups in total. The Morgan fingerprint density at radius 1 is 1.24 bits per heavy atom. The third-order valence-electron chi connectivity index (χ3n) is 5.79. The van der Waals surface area contributed by atoms with Crippen molar-refractivity contribution >= 4 is 41.5 Å². The maximum atomic E-state index is 13.3. The van der Waals surface area contributed by atoms with Gasteiger partial charge in [-0.1, -0.05) is 35.7 Å². The molecule has 25 heavy (non-hydrogen) atoms. The van der Waals surface area contributed by atoms with Crippen molar-refractivity contribution < 1.29 is 4.79 Å². The molecule has 0 bridgehead atoms. The first-order valence-corrected chi connectivity index (χ1v) is 9.72. The third kappa shape index (κ3) is 4.27. The lowest BCUT2D eigenvalue weighted by Crippen LogP contribution is -2.53. The zero-order valence-corrected chi connectivity index (χ0v) is 17.0. The van der Waals surface area contributed by atoms with Crippen LogP contribution in [0.2, 0.25) is 10.0 Å². The molecule has 3 nitrogen and oxygen atoms in total. The number of carbonyl (C=O) groups is 1. The van der Waals surface area contributed by atoms with Gasteiger partial charge >= 0.3 is 0 Å². The van der Waals surface area contributed by atoms with E-state index in [9.17, 15) is 4.79 Å². The molecule has 2 fully saturated rings. The summed E-state index contributed by atoms with van der Waals surface area (Å²) in [6.07, 6.45) is 6.38. The van der Waals surface area contributed by atoms with Crippen LogP contribution in [-0.4, -0.2) is 37.5 Å². The quantitative estimate of drug-likeness (QED) is 0.771. The molecule has 1 aliphatic carbocycles. The molecule has 140 valence electrons. The van der Waals surface area contributed by atoms with Crippen LogP contribution in [0.15, 0.2) is 18.2 Å². The summed E-state index contributed by atoms with van der Waals surface area (Å²) >= 11 is 12.2. The summed E-state index contributed by atoms with van der Waals surface area (Å²) in [5.41, 5.74) is 0.664. The van der Waals surface area contributed by atoms with Crippen LogP contribution in [-0.2, 0) is 10.2 Å². The van der Waals surface area contributed by atoms with Crippen LogP contribution in [0.4, 0.5) is 0 Å². The van der Waals surface area contributed by atoms with Crippen LogP contribution in [0.1, 0.15) is 44.1 Å². The van der Waals surface area contributed by atoms with Gasteiger partial charge < -0.3 is 10.2 Å². The van der Waals surface area contributed by atoms with Gasteiger partial charge in [0.25, 0.3) is 0 Å². The summed E-state index contributed by atoms with van der Waals surface area (Å²) in [6, 6.07) is 5.68. The largest absolute Gasteiger partial charge is 0.342 e. The van der Waals surface area contributed by atoms with Crippen LogP contribution in [0.25, 0.3) is 0 Å². The predicted octanol–water partition coefficient (Wildman–Crippen LogP) is 4.69. The lowest BCUT2D eigenvalue weighted by molar-refractivity contribution is -0.142. The molecule has 3 rings (SSSR count).